The van der Waals surface area contributed by atoms with Crippen LogP contribution in [0, 0.1) is 5.92 Å². The molecule has 144 valence electrons. The van der Waals surface area contributed by atoms with Crippen LogP contribution in [0.25, 0.3) is 0 Å². The third-order valence-electron chi connectivity index (χ3n) is 4.75. The second-order valence-electron chi connectivity index (χ2n) is 7.02. The van der Waals surface area contributed by atoms with E-state index in [1.54, 1.807) is 4.90 Å². The van der Waals surface area contributed by atoms with Gasteiger partial charge in [0, 0.05) is 33.4 Å². The minimum absolute atomic E-state index is 0.0451. The van der Waals surface area contributed by atoms with Gasteiger partial charge in [0.1, 0.15) is 11.5 Å². The van der Waals surface area contributed by atoms with Crippen LogP contribution in [0.1, 0.15) is 24.8 Å². The van der Waals surface area contributed by atoms with Crippen LogP contribution in [0.15, 0.2) is 54.6 Å². The standard InChI is InChI=1S/C22H28N2O3/c1-24(22(25)23-14-13-19-6-5-15-26-17-19)16-18-9-11-21(12-10-18)27-20-7-3-2-4-8-20/h2-4,7-12,19H,5-6,13-17H2,1H3,(H,23,25)/t19-/m1/s1. The van der Waals surface area contributed by atoms with Gasteiger partial charge in [-0.25, -0.2) is 4.79 Å². The van der Waals surface area contributed by atoms with Gasteiger partial charge < -0.3 is 19.7 Å². The Kier molecular flexibility index (Phi) is 7.11. The molecular weight excluding hydrogens is 340 g/mol. The molecule has 2 amide bonds. The second kappa shape index (κ2) is 9.97. The number of hydrogen-bond acceptors (Lipinski definition) is 3. The first-order valence-corrected chi connectivity index (χ1v) is 9.59. The number of para-hydroxylation sites is 1. The molecule has 1 fully saturated rings. The molecule has 0 spiro atoms. The van der Waals surface area contributed by atoms with Crippen molar-refractivity contribution in [3.63, 3.8) is 0 Å². The lowest BCUT2D eigenvalue weighted by molar-refractivity contribution is 0.0519. The number of amides is 2. The second-order valence-corrected chi connectivity index (χ2v) is 7.02. The first-order chi connectivity index (χ1) is 13.2. The predicted molar refractivity (Wildman–Crippen MR) is 106 cm³/mol. The van der Waals surface area contributed by atoms with Crippen molar-refractivity contribution in [1.82, 2.24) is 10.2 Å². The van der Waals surface area contributed by atoms with E-state index in [9.17, 15) is 4.79 Å². The SMILES string of the molecule is CN(Cc1ccc(Oc2ccccc2)cc1)C(=O)NCC[C@H]1CCCOC1. The lowest BCUT2D eigenvalue weighted by atomic mass is 9.99. The third kappa shape index (κ3) is 6.29. The maximum absolute atomic E-state index is 12.3. The minimum Gasteiger partial charge on any atom is -0.457 e. The molecule has 0 aliphatic carbocycles. The van der Waals surface area contributed by atoms with E-state index in [-0.39, 0.29) is 6.03 Å². The monoisotopic (exact) mass is 368 g/mol. The Balaban J connectivity index is 1.41. The number of ether oxygens (including phenoxy) is 2. The van der Waals surface area contributed by atoms with Crippen LogP contribution in [0.3, 0.4) is 0 Å². The lowest BCUT2D eigenvalue weighted by Crippen LogP contribution is -2.38. The van der Waals surface area contributed by atoms with Crippen LogP contribution in [0.5, 0.6) is 11.5 Å². The Morgan fingerprint density at radius 1 is 1.15 bits per heavy atom. The molecule has 0 unspecified atom stereocenters. The normalized spacial score (nSPS) is 16.6. The Morgan fingerprint density at radius 2 is 1.89 bits per heavy atom. The van der Waals surface area contributed by atoms with E-state index in [1.807, 2.05) is 61.6 Å². The van der Waals surface area contributed by atoms with Gasteiger partial charge in [0.15, 0.2) is 0 Å². The quantitative estimate of drug-likeness (QED) is 0.786. The van der Waals surface area contributed by atoms with Crippen molar-refractivity contribution >= 4 is 6.03 Å². The highest BCUT2D eigenvalue weighted by Gasteiger charge is 2.15. The number of urea groups is 1. The molecule has 0 saturated carbocycles. The smallest absolute Gasteiger partial charge is 0.317 e. The molecule has 27 heavy (non-hydrogen) atoms. The molecule has 1 N–H and O–H groups in total. The summed E-state index contributed by atoms with van der Waals surface area (Å²) in [6, 6.07) is 17.5. The molecule has 2 aromatic carbocycles. The molecule has 3 rings (SSSR count). The van der Waals surface area contributed by atoms with E-state index >= 15 is 0 Å². The predicted octanol–water partition coefficient (Wildman–Crippen LogP) is 4.44. The number of nitrogens with one attached hydrogen (secondary N) is 1. The molecule has 2 aromatic rings. The van der Waals surface area contributed by atoms with Crippen LogP contribution >= 0.6 is 0 Å². The van der Waals surface area contributed by atoms with Gasteiger partial charge in [-0.15, -0.1) is 0 Å². The molecule has 5 nitrogen and oxygen atoms in total. The van der Waals surface area contributed by atoms with E-state index in [0.717, 1.165) is 43.1 Å². The number of carbonyl (C=O) groups is 1. The summed E-state index contributed by atoms with van der Waals surface area (Å²) in [5, 5.41) is 3.00. The highest BCUT2D eigenvalue weighted by molar-refractivity contribution is 5.73. The average Bonchev–Trinajstić information content (AvgIpc) is 2.71. The summed E-state index contributed by atoms with van der Waals surface area (Å²) in [5.74, 6) is 2.17. The molecule has 1 heterocycles. The van der Waals surface area contributed by atoms with Crippen LogP contribution in [-0.2, 0) is 11.3 Å². The Bertz CT molecular complexity index is 697. The van der Waals surface area contributed by atoms with Crippen molar-refractivity contribution in [1.29, 1.82) is 0 Å². The Labute approximate surface area is 161 Å². The summed E-state index contributed by atoms with van der Waals surface area (Å²) in [6.07, 6.45) is 3.30. The fourth-order valence-electron chi connectivity index (χ4n) is 3.19. The third-order valence-corrected chi connectivity index (χ3v) is 4.75. The maximum Gasteiger partial charge on any atom is 0.317 e. The molecule has 1 saturated heterocycles. The lowest BCUT2D eigenvalue weighted by Gasteiger charge is -2.23. The molecule has 0 aromatic heterocycles. The van der Waals surface area contributed by atoms with Crippen LogP contribution in [-0.4, -0.2) is 37.7 Å². The van der Waals surface area contributed by atoms with Gasteiger partial charge in [-0.05, 0) is 55.0 Å². The zero-order valence-corrected chi connectivity index (χ0v) is 15.9. The van der Waals surface area contributed by atoms with Gasteiger partial charge in [0.25, 0.3) is 0 Å². The molecule has 1 aliphatic heterocycles. The average molecular weight is 368 g/mol. The maximum atomic E-state index is 12.3. The van der Waals surface area contributed by atoms with E-state index in [2.05, 4.69) is 5.32 Å². The minimum atomic E-state index is -0.0451. The van der Waals surface area contributed by atoms with Crippen molar-refractivity contribution in [2.24, 2.45) is 5.92 Å². The fourth-order valence-corrected chi connectivity index (χ4v) is 3.19. The molecule has 1 aliphatic rings. The zero-order valence-electron chi connectivity index (χ0n) is 15.9. The van der Waals surface area contributed by atoms with Crippen molar-refractivity contribution < 1.29 is 14.3 Å². The van der Waals surface area contributed by atoms with E-state index in [4.69, 9.17) is 9.47 Å². The highest BCUT2D eigenvalue weighted by Crippen LogP contribution is 2.21. The number of hydrogen-bond donors (Lipinski definition) is 1. The van der Waals surface area contributed by atoms with Gasteiger partial charge in [-0.1, -0.05) is 30.3 Å². The fraction of sp³-hybridized carbons (Fsp3) is 0.409. The zero-order chi connectivity index (χ0) is 18.9. The largest absolute Gasteiger partial charge is 0.457 e. The van der Waals surface area contributed by atoms with Gasteiger partial charge in [0.05, 0.1) is 0 Å². The first kappa shape index (κ1) is 19.2. The summed E-state index contributed by atoms with van der Waals surface area (Å²) in [6.45, 7) is 2.95. The number of rotatable bonds is 7. The topological polar surface area (TPSA) is 50.8 Å². The summed E-state index contributed by atoms with van der Waals surface area (Å²) < 4.78 is 11.3. The summed E-state index contributed by atoms with van der Waals surface area (Å²) in [4.78, 5) is 14.0. The van der Waals surface area contributed by atoms with E-state index in [0.29, 0.717) is 19.0 Å². The molecule has 0 radical (unpaired) electrons. The van der Waals surface area contributed by atoms with Crippen molar-refractivity contribution in [2.45, 2.75) is 25.8 Å². The molecular formula is C22H28N2O3. The summed E-state index contributed by atoms with van der Waals surface area (Å²) in [7, 11) is 1.81. The van der Waals surface area contributed by atoms with Gasteiger partial charge >= 0.3 is 6.03 Å². The van der Waals surface area contributed by atoms with Crippen LogP contribution in [0.4, 0.5) is 4.79 Å². The van der Waals surface area contributed by atoms with Crippen LogP contribution < -0.4 is 10.1 Å². The van der Waals surface area contributed by atoms with E-state index < -0.39 is 0 Å². The number of benzene rings is 2. The van der Waals surface area contributed by atoms with Gasteiger partial charge in [0.2, 0.25) is 0 Å². The van der Waals surface area contributed by atoms with E-state index in [1.165, 1.54) is 6.42 Å². The molecule has 0 bridgehead atoms. The van der Waals surface area contributed by atoms with Gasteiger partial charge in [-0.3, -0.25) is 0 Å². The number of carbonyl (C=O) groups excluding carboxylic acids is 1. The summed E-state index contributed by atoms with van der Waals surface area (Å²) >= 11 is 0. The number of nitrogens with zero attached hydrogens (tertiary/aromatic N) is 1. The first-order valence-electron chi connectivity index (χ1n) is 9.59. The summed E-state index contributed by atoms with van der Waals surface area (Å²) in [5.41, 5.74) is 1.06. The van der Waals surface area contributed by atoms with Crippen molar-refractivity contribution in [2.75, 3.05) is 26.8 Å². The van der Waals surface area contributed by atoms with Gasteiger partial charge in [-0.2, -0.15) is 0 Å². The van der Waals surface area contributed by atoms with Crippen molar-refractivity contribution in [3.05, 3.63) is 60.2 Å². The highest BCUT2D eigenvalue weighted by atomic mass is 16.5. The van der Waals surface area contributed by atoms with Crippen molar-refractivity contribution in [3.8, 4) is 11.5 Å². The Morgan fingerprint density at radius 3 is 2.59 bits per heavy atom. The molecule has 1 atom stereocenters. The van der Waals surface area contributed by atoms with Crippen LogP contribution in [0.2, 0.25) is 0 Å². The molecule has 5 heteroatoms. The Hall–Kier alpha value is -2.53.